The quantitative estimate of drug-likeness (QED) is 0.932. The largest absolute Gasteiger partial charge is 0.550 e. The molecule has 1 saturated carbocycles. The molecule has 0 heterocycles. The lowest BCUT2D eigenvalue weighted by molar-refractivity contribution is -0.323. The Morgan fingerprint density at radius 1 is 1.18 bits per heavy atom. The van der Waals surface area contributed by atoms with Crippen molar-refractivity contribution in [3.05, 3.63) is 29.3 Å². The number of carbonyl (C=O) groups excluding carboxylic acids is 2. The Kier molecular flexibility index (Phi) is 4.07. The summed E-state index contributed by atoms with van der Waals surface area (Å²) in [6.07, 6.45) is 1.03. The maximum Gasteiger partial charge on any atom is 0.228 e. The van der Waals surface area contributed by atoms with Crippen molar-refractivity contribution >= 4 is 17.6 Å². The molecule has 1 amide bonds. The standard InChI is InChI=1S/C18H25NO3/c1-11-6-7-13(10-12(11)2)19-15(20)14-8-9-18(5,16(21)22)17(14,3)4/h6-7,10,14H,8-9H2,1-5H3,(H,19,20)(H,21,22)/p-1/t14-,18+/m0/s1. The average molecular weight is 302 g/mol. The monoisotopic (exact) mass is 302 g/mol. The van der Waals surface area contributed by atoms with Crippen LogP contribution in [0.25, 0.3) is 0 Å². The smallest absolute Gasteiger partial charge is 0.228 e. The summed E-state index contributed by atoms with van der Waals surface area (Å²) in [6, 6.07) is 5.78. The third-order valence-electron chi connectivity index (χ3n) is 5.77. The molecule has 2 rings (SSSR count). The van der Waals surface area contributed by atoms with Crippen molar-refractivity contribution in [2.24, 2.45) is 16.7 Å². The third-order valence-corrected chi connectivity index (χ3v) is 5.77. The van der Waals surface area contributed by atoms with Crippen molar-refractivity contribution in [1.29, 1.82) is 0 Å². The number of carboxylic acids is 1. The zero-order chi connectivity index (χ0) is 16.7. The summed E-state index contributed by atoms with van der Waals surface area (Å²) in [5.41, 5.74) is 1.42. The maximum atomic E-state index is 12.6. The van der Waals surface area contributed by atoms with Gasteiger partial charge in [-0.15, -0.1) is 0 Å². The van der Waals surface area contributed by atoms with Gasteiger partial charge in [0.1, 0.15) is 0 Å². The highest BCUT2D eigenvalue weighted by molar-refractivity contribution is 5.94. The van der Waals surface area contributed by atoms with Gasteiger partial charge >= 0.3 is 0 Å². The second kappa shape index (κ2) is 5.41. The summed E-state index contributed by atoms with van der Waals surface area (Å²) in [4.78, 5) is 24.1. The van der Waals surface area contributed by atoms with Crippen LogP contribution in [0.15, 0.2) is 18.2 Å². The van der Waals surface area contributed by atoms with Gasteiger partial charge in [0.2, 0.25) is 5.91 Å². The lowest BCUT2D eigenvalue weighted by atomic mass is 9.65. The summed E-state index contributed by atoms with van der Waals surface area (Å²) in [5, 5.41) is 14.4. The molecule has 22 heavy (non-hydrogen) atoms. The summed E-state index contributed by atoms with van der Waals surface area (Å²) < 4.78 is 0. The second-order valence-electron chi connectivity index (χ2n) is 7.22. The van der Waals surface area contributed by atoms with Gasteiger partial charge in [-0.2, -0.15) is 0 Å². The lowest BCUT2D eigenvalue weighted by Crippen LogP contribution is -2.49. The molecule has 1 aromatic rings. The number of aryl methyl sites for hydroxylation is 2. The molecular weight excluding hydrogens is 278 g/mol. The van der Waals surface area contributed by atoms with E-state index in [0.29, 0.717) is 12.8 Å². The number of benzene rings is 1. The molecule has 1 aliphatic carbocycles. The number of amides is 1. The number of carboxylic acid groups (broad SMARTS) is 1. The van der Waals surface area contributed by atoms with Crippen molar-refractivity contribution in [3.63, 3.8) is 0 Å². The normalized spacial score (nSPS) is 26.7. The van der Waals surface area contributed by atoms with E-state index in [9.17, 15) is 14.7 Å². The molecule has 0 spiro atoms. The zero-order valence-corrected chi connectivity index (χ0v) is 13.9. The highest BCUT2D eigenvalue weighted by atomic mass is 16.4. The second-order valence-corrected chi connectivity index (χ2v) is 7.22. The van der Waals surface area contributed by atoms with Crippen LogP contribution in [0.3, 0.4) is 0 Å². The molecule has 2 atom stereocenters. The molecule has 0 aliphatic heterocycles. The van der Waals surface area contributed by atoms with Crippen LogP contribution >= 0.6 is 0 Å². The van der Waals surface area contributed by atoms with Gasteiger partial charge in [0.15, 0.2) is 0 Å². The van der Waals surface area contributed by atoms with Crippen LogP contribution in [0, 0.1) is 30.6 Å². The van der Waals surface area contributed by atoms with E-state index < -0.39 is 16.8 Å². The fraction of sp³-hybridized carbons (Fsp3) is 0.556. The van der Waals surface area contributed by atoms with Gasteiger partial charge in [-0.1, -0.05) is 26.8 Å². The van der Waals surface area contributed by atoms with E-state index in [0.717, 1.165) is 11.3 Å². The number of hydrogen-bond acceptors (Lipinski definition) is 3. The number of hydrogen-bond donors (Lipinski definition) is 1. The Labute approximate surface area is 131 Å². The van der Waals surface area contributed by atoms with Crippen LogP contribution in [0.4, 0.5) is 5.69 Å². The Morgan fingerprint density at radius 2 is 1.82 bits per heavy atom. The van der Waals surface area contributed by atoms with Gasteiger partial charge in [0.05, 0.1) is 0 Å². The first-order valence-electron chi connectivity index (χ1n) is 7.69. The molecule has 0 aromatic heterocycles. The summed E-state index contributed by atoms with van der Waals surface area (Å²) in [7, 11) is 0. The molecule has 4 nitrogen and oxygen atoms in total. The fourth-order valence-corrected chi connectivity index (χ4v) is 3.37. The van der Waals surface area contributed by atoms with Gasteiger partial charge in [-0.05, 0) is 55.4 Å². The molecule has 1 aromatic carbocycles. The van der Waals surface area contributed by atoms with E-state index in [4.69, 9.17) is 0 Å². The van der Waals surface area contributed by atoms with E-state index in [2.05, 4.69) is 5.32 Å². The minimum absolute atomic E-state index is 0.113. The molecule has 1 N–H and O–H groups in total. The van der Waals surface area contributed by atoms with E-state index in [1.807, 2.05) is 45.9 Å². The van der Waals surface area contributed by atoms with E-state index in [1.54, 1.807) is 6.92 Å². The van der Waals surface area contributed by atoms with Crippen LogP contribution in [0.1, 0.15) is 44.7 Å². The predicted molar refractivity (Wildman–Crippen MR) is 84.2 cm³/mol. The van der Waals surface area contributed by atoms with E-state index in [-0.39, 0.29) is 11.8 Å². The summed E-state index contributed by atoms with van der Waals surface area (Å²) in [5.74, 6) is -1.52. The van der Waals surface area contributed by atoms with Crippen LogP contribution in [-0.2, 0) is 9.59 Å². The van der Waals surface area contributed by atoms with Gasteiger partial charge in [0, 0.05) is 23.0 Å². The molecule has 0 unspecified atom stereocenters. The van der Waals surface area contributed by atoms with Crippen LogP contribution in [0.2, 0.25) is 0 Å². The number of anilines is 1. The number of rotatable bonds is 3. The summed E-state index contributed by atoms with van der Waals surface area (Å²) in [6.45, 7) is 9.40. The Balaban J connectivity index is 2.20. The highest BCUT2D eigenvalue weighted by Gasteiger charge is 2.54. The number of nitrogens with one attached hydrogen (secondary N) is 1. The van der Waals surface area contributed by atoms with Crippen molar-refractivity contribution < 1.29 is 14.7 Å². The van der Waals surface area contributed by atoms with Crippen LogP contribution in [0.5, 0.6) is 0 Å². The first-order valence-corrected chi connectivity index (χ1v) is 7.69. The van der Waals surface area contributed by atoms with Crippen molar-refractivity contribution in [1.82, 2.24) is 0 Å². The molecule has 4 heteroatoms. The molecule has 120 valence electrons. The first kappa shape index (κ1) is 16.5. The van der Waals surface area contributed by atoms with Gasteiger partial charge in [0.25, 0.3) is 0 Å². The predicted octanol–water partition coefficient (Wildman–Crippen LogP) is 2.43. The minimum atomic E-state index is -1.07. The van der Waals surface area contributed by atoms with Gasteiger partial charge in [-0.3, -0.25) is 4.79 Å². The van der Waals surface area contributed by atoms with Crippen molar-refractivity contribution in [3.8, 4) is 0 Å². The Bertz CT molecular complexity index is 621. The van der Waals surface area contributed by atoms with Crippen molar-refractivity contribution in [2.75, 3.05) is 5.32 Å². The molecule has 1 aliphatic rings. The lowest BCUT2D eigenvalue weighted by Gasteiger charge is -2.41. The van der Waals surface area contributed by atoms with E-state index in [1.165, 1.54) is 5.56 Å². The highest BCUT2D eigenvalue weighted by Crippen LogP contribution is 2.55. The number of aliphatic carboxylic acids is 1. The fourth-order valence-electron chi connectivity index (χ4n) is 3.37. The van der Waals surface area contributed by atoms with E-state index >= 15 is 0 Å². The Morgan fingerprint density at radius 3 is 2.32 bits per heavy atom. The first-order chi connectivity index (χ1) is 10.1. The van der Waals surface area contributed by atoms with Crippen LogP contribution in [-0.4, -0.2) is 11.9 Å². The summed E-state index contributed by atoms with van der Waals surface area (Å²) >= 11 is 0. The molecule has 0 bridgehead atoms. The van der Waals surface area contributed by atoms with Crippen molar-refractivity contribution in [2.45, 2.75) is 47.5 Å². The average Bonchev–Trinajstić information content (AvgIpc) is 2.66. The maximum absolute atomic E-state index is 12.6. The van der Waals surface area contributed by atoms with Crippen LogP contribution < -0.4 is 10.4 Å². The van der Waals surface area contributed by atoms with Gasteiger partial charge in [-0.25, -0.2) is 0 Å². The Hall–Kier alpha value is -1.84. The molecule has 0 radical (unpaired) electrons. The minimum Gasteiger partial charge on any atom is -0.550 e. The van der Waals surface area contributed by atoms with Gasteiger partial charge < -0.3 is 15.2 Å². The third kappa shape index (κ3) is 2.51. The SMILES string of the molecule is Cc1ccc(NC(=O)[C@@H]2CC[C@](C)(C(=O)[O-])C2(C)C)cc1C. The zero-order valence-electron chi connectivity index (χ0n) is 13.9. The molecule has 0 saturated heterocycles. The number of carbonyl (C=O) groups is 2. The molecule has 1 fully saturated rings. The topological polar surface area (TPSA) is 69.2 Å². The molecular formula is C18H24NO3-.